The van der Waals surface area contributed by atoms with Crippen molar-refractivity contribution in [2.45, 2.75) is 38.8 Å². The number of halogens is 1. The highest BCUT2D eigenvalue weighted by Crippen LogP contribution is 2.35. The Morgan fingerprint density at radius 1 is 1.13 bits per heavy atom. The standard InChI is InChI=1S/C22H26FN3O4/c1-14(20(28)24-2)26(13-15-7-9-16(23)10-8-15)19(27)11-12-25-21(29)17-5-3-4-6-18(17)22(25)30/h3-4,7-10,14,17-18H,5-6,11-13H2,1-2H3,(H,24,28)/t14-,17-,18+/m1/s1. The summed E-state index contributed by atoms with van der Waals surface area (Å²) in [5.41, 5.74) is 0.672. The van der Waals surface area contributed by atoms with Gasteiger partial charge in [0, 0.05) is 26.6 Å². The number of imide groups is 1. The molecule has 4 amide bonds. The summed E-state index contributed by atoms with van der Waals surface area (Å²) >= 11 is 0. The van der Waals surface area contributed by atoms with Crippen molar-refractivity contribution >= 4 is 23.6 Å². The summed E-state index contributed by atoms with van der Waals surface area (Å²) in [4.78, 5) is 52.9. The van der Waals surface area contributed by atoms with Crippen molar-refractivity contribution < 1.29 is 23.6 Å². The molecule has 1 aliphatic heterocycles. The molecular formula is C22H26FN3O4. The third-order valence-electron chi connectivity index (χ3n) is 5.83. The number of fused-ring (bicyclic) bond motifs is 1. The third-order valence-corrected chi connectivity index (χ3v) is 5.83. The van der Waals surface area contributed by atoms with E-state index >= 15 is 0 Å². The number of benzene rings is 1. The number of amides is 4. The van der Waals surface area contributed by atoms with Crippen LogP contribution in [0.5, 0.6) is 0 Å². The smallest absolute Gasteiger partial charge is 0.242 e. The lowest BCUT2D eigenvalue weighted by atomic mass is 9.85. The quantitative estimate of drug-likeness (QED) is 0.542. The van der Waals surface area contributed by atoms with Crippen LogP contribution in [0.2, 0.25) is 0 Å². The summed E-state index contributed by atoms with van der Waals surface area (Å²) in [6.07, 6.45) is 4.84. The van der Waals surface area contributed by atoms with Gasteiger partial charge in [0.05, 0.1) is 11.8 Å². The van der Waals surface area contributed by atoms with Crippen LogP contribution in [0.3, 0.4) is 0 Å². The summed E-state index contributed by atoms with van der Waals surface area (Å²) in [6.45, 7) is 1.71. The zero-order chi connectivity index (χ0) is 21.8. The van der Waals surface area contributed by atoms with E-state index < -0.39 is 11.9 Å². The summed E-state index contributed by atoms with van der Waals surface area (Å²) < 4.78 is 13.2. The van der Waals surface area contributed by atoms with Crippen LogP contribution in [0.1, 0.15) is 31.7 Å². The van der Waals surface area contributed by atoms with E-state index in [0.29, 0.717) is 18.4 Å². The van der Waals surface area contributed by atoms with Gasteiger partial charge in [-0.3, -0.25) is 24.1 Å². The molecule has 160 valence electrons. The normalized spacial score (nSPS) is 21.4. The lowest BCUT2D eigenvalue weighted by Crippen LogP contribution is -2.47. The topological polar surface area (TPSA) is 86.8 Å². The Hall–Kier alpha value is -3.03. The Morgan fingerprint density at radius 2 is 1.70 bits per heavy atom. The van der Waals surface area contributed by atoms with E-state index in [4.69, 9.17) is 0 Å². The molecule has 1 heterocycles. The molecule has 30 heavy (non-hydrogen) atoms. The van der Waals surface area contributed by atoms with Crippen LogP contribution in [-0.4, -0.2) is 53.1 Å². The SMILES string of the molecule is CNC(=O)[C@@H](C)N(Cc1ccc(F)cc1)C(=O)CCN1C(=O)[C@H]2CC=CC[C@H]2C1=O. The number of nitrogens with zero attached hydrogens (tertiary/aromatic N) is 2. The monoisotopic (exact) mass is 415 g/mol. The van der Waals surface area contributed by atoms with Crippen LogP contribution in [-0.2, 0) is 25.7 Å². The molecule has 3 rings (SSSR count). The largest absolute Gasteiger partial charge is 0.357 e. The lowest BCUT2D eigenvalue weighted by molar-refractivity contribution is -0.143. The molecule has 1 fully saturated rings. The number of hydrogen-bond donors (Lipinski definition) is 1. The second-order valence-electron chi connectivity index (χ2n) is 7.67. The molecule has 0 spiro atoms. The van der Waals surface area contributed by atoms with Crippen LogP contribution >= 0.6 is 0 Å². The van der Waals surface area contributed by atoms with Crippen molar-refractivity contribution in [1.82, 2.24) is 15.1 Å². The maximum absolute atomic E-state index is 13.2. The first-order chi connectivity index (χ1) is 14.3. The minimum atomic E-state index is -0.760. The van der Waals surface area contributed by atoms with Gasteiger partial charge in [0.2, 0.25) is 23.6 Å². The Kier molecular flexibility index (Phi) is 6.64. The molecule has 0 unspecified atom stereocenters. The number of likely N-dealkylation sites (tertiary alicyclic amines) is 1. The van der Waals surface area contributed by atoms with Gasteiger partial charge in [-0.15, -0.1) is 0 Å². The van der Waals surface area contributed by atoms with Crippen molar-refractivity contribution in [1.29, 1.82) is 0 Å². The molecule has 3 atom stereocenters. The van der Waals surface area contributed by atoms with Crippen LogP contribution in [0, 0.1) is 17.7 Å². The van der Waals surface area contributed by atoms with Gasteiger partial charge in [0.1, 0.15) is 11.9 Å². The highest BCUT2D eigenvalue weighted by molar-refractivity contribution is 6.05. The highest BCUT2D eigenvalue weighted by atomic mass is 19.1. The van der Waals surface area contributed by atoms with E-state index in [2.05, 4.69) is 5.32 Å². The third kappa shape index (κ3) is 4.42. The van der Waals surface area contributed by atoms with E-state index in [1.807, 2.05) is 12.2 Å². The molecule has 7 nitrogen and oxygen atoms in total. The van der Waals surface area contributed by atoms with E-state index in [-0.39, 0.29) is 55.0 Å². The van der Waals surface area contributed by atoms with Crippen molar-refractivity contribution in [3.8, 4) is 0 Å². The molecule has 1 aromatic rings. The van der Waals surface area contributed by atoms with E-state index in [1.165, 1.54) is 29.0 Å². The van der Waals surface area contributed by atoms with Crippen LogP contribution in [0.15, 0.2) is 36.4 Å². The first kappa shape index (κ1) is 21.7. The van der Waals surface area contributed by atoms with Crippen LogP contribution < -0.4 is 5.32 Å². The number of hydrogen-bond acceptors (Lipinski definition) is 4. The van der Waals surface area contributed by atoms with Gasteiger partial charge in [-0.05, 0) is 37.5 Å². The Labute approximate surface area is 174 Å². The minimum absolute atomic E-state index is 0.0100. The molecule has 1 N–H and O–H groups in total. The molecule has 1 aliphatic carbocycles. The molecule has 0 radical (unpaired) electrons. The number of allylic oxidation sites excluding steroid dienone is 2. The molecule has 1 aromatic carbocycles. The average Bonchev–Trinajstić information content (AvgIpc) is 3.00. The predicted molar refractivity (Wildman–Crippen MR) is 107 cm³/mol. The fourth-order valence-electron chi connectivity index (χ4n) is 4.02. The molecule has 0 bridgehead atoms. The number of nitrogens with one attached hydrogen (secondary N) is 1. The first-order valence-corrected chi connectivity index (χ1v) is 10.1. The van der Waals surface area contributed by atoms with Gasteiger partial charge in [0.25, 0.3) is 0 Å². The number of carbonyl (C=O) groups is 4. The zero-order valence-electron chi connectivity index (χ0n) is 17.1. The zero-order valence-corrected chi connectivity index (χ0v) is 17.1. The molecule has 1 saturated heterocycles. The maximum Gasteiger partial charge on any atom is 0.242 e. The second-order valence-corrected chi connectivity index (χ2v) is 7.67. The number of carbonyl (C=O) groups excluding carboxylic acids is 4. The van der Waals surface area contributed by atoms with Gasteiger partial charge in [-0.25, -0.2) is 4.39 Å². The van der Waals surface area contributed by atoms with Crippen molar-refractivity contribution in [3.63, 3.8) is 0 Å². The summed E-state index contributed by atoms with van der Waals surface area (Å²) in [6, 6.07) is 4.93. The van der Waals surface area contributed by atoms with E-state index in [0.717, 1.165) is 0 Å². The predicted octanol–water partition coefficient (Wildman–Crippen LogP) is 1.63. The fraction of sp³-hybridized carbons (Fsp3) is 0.455. The highest BCUT2D eigenvalue weighted by Gasteiger charge is 2.47. The first-order valence-electron chi connectivity index (χ1n) is 10.1. The Balaban J connectivity index is 1.69. The van der Waals surface area contributed by atoms with Gasteiger partial charge in [0.15, 0.2) is 0 Å². The van der Waals surface area contributed by atoms with Crippen molar-refractivity contribution in [2.75, 3.05) is 13.6 Å². The number of rotatable bonds is 7. The van der Waals surface area contributed by atoms with Gasteiger partial charge >= 0.3 is 0 Å². The van der Waals surface area contributed by atoms with Crippen molar-refractivity contribution in [2.24, 2.45) is 11.8 Å². The van der Waals surface area contributed by atoms with Gasteiger partial charge < -0.3 is 10.2 Å². The van der Waals surface area contributed by atoms with Gasteiger partial charge in [-0.1, -0.05) is 24.3 Å². The second kappa shape index (κ2) is 9.19. The lowest BCUT2D eigenvalue weighted by Gasteiger charge is -2.29. The molecule has 0 aromatic heterocycles. The average molecular weight is 415 g/mol. The molecule has 0 saturated carbocycles. The number of likely N-dealkylation sites (N-methyl/N-ethyl adjacent to an activating group) is 1. The Bertz CT molecular complexity index is 842. The van der Waals surface area contributed by atoms with Gasteiger partial charge in [-0.2, -0.15) is 0 Å². The summed E-state index contributed by atoms with van der Waals surface area (Å²) in [5, 5.41) is 2.52. The van der Waals surface area contributed by atoms with Crippen LogP contribution in [0.25, 0.3) is 0 Å². The Morgan fingerprint density at radius 3 is 2.23 bits per heavy atom. The summed E-state index contributed by atoms with van der Waals surface area (Å²) in [7, 11) is 1.48. The molecule has 8 heteroatoms. The molecular weight excluding hydrogens is 389 g/mol. The van der Waals surface area contributed by atoms with E-state index in [1.54, 1.807) is 19.1 Å². The van der Waals surface area contributed by atoms with E-state index in [9.17, 15) is 23.6 Å². The summed E-state index contributed by atoms with van der Waals surface area (Å²) in [5.74, 6) is -2.22. The fourth-order valence-corrected chi connectivity index (χ4v) is 4.02. The maximum atomic E-state index is 13.2. The van der Waals surface area contributed by atoms with Crippen LogP contribution in [0.4, 0.5) is 4.39 Å². The van der Waals surface area contributed by atoms with Crippen molar-refractivity contribution in [3.05, 3.63) is 47.8 Å². The molecule has 2 aliphatic rings. The minimum Gasteiger partial charge on any atom is -0.357 e.